The second-order valence-electron chi connectivity index (χ2n) is 7.43. The molecule has 4 rings (SSSR count). The van der Waals surface area contributed by atoms with Gasteiger partial charge in [-0.25, -0.2) is 13.8 Å². The van der Waals surface area contributed by atoms with Gasteiger partial charge >= 0.3 is 0 Å². The number of hydrogen-bond acceptors (Lipinski definition) is 7. The average Bonchev–Trinajstić information content (AvgIpc) is 3.22. The fraction of sp³-hybridized carbons (Fsp3) is 0.318. The number of aliphatic hydroxyl groups excluding tert-OH is 2. The molecule has 31 heavy (non-hydrogen) atoms. The van der Waals surface area contributed by atoms with Gasteiger partial charge in [0.1, 0.15) is 28.4 Å². The molecule has 2 N–H and O–H groups in total. The lowest BCUT2D eigenvalue weighted by Crippen LogP contribution is -2.44. The normalized spacial score (nSPS) is 23.6. The number of aromatic nitrogens is 2. The number of thiazole rings is 1. The monoisotopic (exact) mass is 446 g/mol. The van der Waals surface area contributed by atoms with Crippen molar-refractivity contribution in [2.45, 2.75) is 44.2 Å². The van der Waals surface area contributed by atoms with Crippen molar-refractivity contribution in [1.29, 1.82) is 0 Å². The van der Waals surface area contributed by atoms with Crippen molar-refractivity contribution in [3.05, 3.63) is 70.5 Å². The molecule has 0 unspecified atom stereocenters. The van der Waals surface area contributed by atoms with E-state index in [1.54, 1.807) is 25.4 Å². The number of Topliss-reactive ketones (excluding diaryl/α,β-unsaturated/α-hetero) is 1. The van der Waals surface area contributed by atoms with Gasteiger partial charge in [-0.15, -0.1) is 11.3 Å². The van der Waals surface area contributed by atoms with Gasteiger partial charge in [0.25, 0.3) is 0 Å². The molecule has 0 radical (unpaired) electrons. The number of halogens is 2. The van der Waals surface area contributed by atoms with Gasteiger partial charge in [-0.1, -0.05) is 6.07 Å². The molecule has 0 amide bonds. The summed E-state index contributed by atoms with van der Waals surface area (Å²) >= 11 is 0.990. The minimum Gasteiger partial charge on any atom is -0.390 e. The smallest absolute Gasteiger partial charge is 0.186 e. The fourth-order valence-electron chi connectivity index (χ4n) is 3.65. The Morgan fingerprint density at radius 3 is 2.71 bits per heavy atom. The van der Waals surface area contributed by atoms with Crippen LogP contribution in [0.1, 0.15) is 41.1 Å². The zero-order valence-corrected chi connectivity index (χ0v) is 17.4. The van der Waals surface area contributed by atoms with E-state index in [0.29, 0.717) is 11.1 Å². The SMILES string of the molecule is C[C@@H]1O[C@H](c2ccncc2CC(=O)c2csc(-c3c(F)cccc3F)n2)C[C@H](O)[C@H]1O. The summed E-state index contributed by atoms with van der Waals surface area (Å²) in [6, 6.07) is 5.26. The first kappa shape index (κ1) is 21.6. The highest BCUT2D eigenvalue weighted by Gasteiger charge is 2.35. The maximum absolute atomic E-state index is 14.0. The summed E-state index contributed by atoms with van der Waals surface area (Å²) < 4.78 is 33.9. The van der Waals surface area contributed by atoms with Crippen molar-refractivity contribution in [3.8, 4) is 10.6 Å². The Kier molecular flexibility index (Phi) is 6.19. The minimum absolute atomic E-state index is 0.0427. The molecule has 4 atom stereocenters. The number of carbonyl (C=O) groups is 1. The van der Waals surface area contributed by atoms with Crippen LogP contribution in [0.25, 0.3) is 10.6 Å². The summed E-state index contributed by atoms with van der Waals surface area (Å²) in [5.41, 5.74) is 1.13. The third-order valence-corrected chi connectivity index (χ3v) is 6.18. The van der Waals surface area contributed by atoms with Crippen molar-refractivity contribution in [3.63, 3.8) is 0 Å². The van der Waals surface area contributed by atoms with E-state index in [-0.39, 0.29) is 34.9 Å². The number of hydrogen-bond donors (Lipinski definition) is 2. The number of carbonyl (C=O) groups excluding carboxylic acids is 1. The predicted molar refractivity (Wildman–Crippen MR) is 110 cm³/mol. The summed E-state index contributed by atoms with van der Waals surface area (Å²) in [5, 5.41) is 21.6. The molecular formula is C22H20F2N2O4S. The second-order valence-corrected chi connectivity index (χ2v) is 8.29. The van der Waals surface area contributed by atoms with Gasteiger partial charge in [0, 0.05) is 30.6 Å². The van der Waals surface area contributed by atoms with E-state index in [2.05, 4.69) is 9.97 Å². The van der Waals surface area contributed by atoms with E-state index in [4.69, 9.17) is 4.74 Å². The Hall–Kier alpha value is -2.59. The molecule has 9 heteroatoms. The zero-order chi connectivity index (χ0) is 22.1. The van der Waals surface area contributed by atoms with Crippen molar-refractivity contribution in [2.24, 2.45) is 0 Å². The minimum atomic E-state index is -0.977. The lowest BCUT2D eigenvalue weighted by molar-refractivity contribution is -0.163. The van der Waals surface area contributed by atoms with Gasteiger partial charge in [0.15, 0.2) is 5.78 Å². The number of rotatable bonds is 5. The molecule has 1 fully saturated rings. The summed E-state index contributed by atoms with van der Waals surface area (Å²) in [5.74, 6) is -1.82. The topological polar surface area (TPSA) is 92.5 Å². The molecule has 3 aromatic rings. The first-order valence-electron chi connectivity index (χ1n) is 9.72. The number of ketones is 1. The molecule has 1 aliphatic heterocycles. The predicted octanol–water partition coefficient (Wildman–Crippen LogP) is 3.48. The first-order chi connectivity index (χ1) is 14.8. The van der Waals surface area contributed by atoms with Gasteiger partial charge < -0.3 is 14.9 Å². The molecule has 3 heterocycles. The highest BCUT2D eigenvalue weighted by molar-refractivity contribution is 7.13. The molecule has 162 valence electrons. The number of ether oxygens (including phenoxy) is 1. The number of benzene rings is 1. The van der Waals surface area contributed by atoms with Crippen molar-refractivity contribution in [1.82, 2.24) is 9.97 Å². The molecule has 0 aliphatic carbocycles. The van der Waals surface area contributed by atoms with E-state index in [0.717, 1.165) is 23.5 Å². The van der Waals surface area contributed by atoms with Gasteiger partial charge in [-0.05, 0) is 36.2 Å². The largest absolute Gasteiger partial charge is 0.390 e. The lowest BCUT2D eigenvalue weighted by atomic mass is 9.91. The highest BCUT2D eigenvalue weighted by Crippen LogP contribution is 2.34. The van der Waals surface area contributed by atoms with Crippen LogP contribution >= 0.6 is 11.3 Å². The van der Waals surface area contributed by atoms with Crippen LogP contribution in [0.5, 0.6) is 0 Å². The third-order valence-electron chi connectivity index (χ3n) is 5.32. The van der Waals surface area contributed by atoms with Crippen LogP contribution in [0.3, 0.4) is 0 Å². The van der Waals surface area contributed by atoms with Crippen LogP contribution < -0.4 is 0 Å². The quantitative estimate of drug-likeness (QED) is 0.583. The van der Waals surface area contributed by atoms with Crippen molar-refractivity contribution >= 4 is 17.1 Å². The molecule has 0 bridgehead atoms. The maximum Gasteiger partial charge on any atom is 0.186 e. The number of pyridine rings is 1. The van der Waals surface area contributed by atoms with Crippen LogP contribution in [0, 0.1) is 11.6 Å². The van der Waals surface area contributed by atoms with Gasteiger partial charge in [0.2, 0.25) is 0 Å². The number of nitrogens with zero attached hydrogens (tertiary/aromatic N) is 2. The summed E-state index contributed by atoms with van der Waals surface area (Å²) in [7, 11) is 0. The van der Waals surface area contributed by atoms with Gasteiger partial charge in [-0.2, -0.15) is 0 Å². The zero-order valence-electron chi connectivity index (χ0n) is 16.5. The Labute approximate surface area is 181 Å². The van der Waals surface area contributed by atoms with E-state index < -0.39 is 36.1 Å². The van der Waals surface area contributed by atoms with Crippen molar-refractivity contribution in [2.75, 3.05) is 0 Å². The molecule has 6 nitrogen and oxygen atoms in total. The Bertz CT molecular complexity index is 1070. The van der Waals surface area contributed by atoms with E-state index in [1.807, 2.05) is 0 Å². The molecule has 1 aliphatic rings. The van der Waals surface area contributed by atoms with Gasteiger partial charge in [0.05, 0.1) is 23.9 Å². The fourth-order valence-corrected chi connectivity index (χ4v) is 4.52. The highest BCUT2D eigenvalue weighted by atomic mass is 32.1. The van der Waals surface area contributed by atoms with Gasteiger partial charge in [-0.3, -0.25) is 9.78 Å². The van der Waals surface area contributed by atoms with E-state index in [1.165, 1.54) is 11.4 Å². The van der Waals surface area contributed by atoms with Crippen LogP contribution in [-0.2, 0) is 11.2 Å². The molecule has 1 saturated heterocycles. The summed E-state index contributed by atoms with van der Waals surface area (Å²) in [6.07, 6.45) is 0.264. The number of aliphatic hydroxyl groups is 2. The molecule has 0 saturated carbocycles. The van der Waals surface area contributed by atoms with E-state index >= 15 is 0 Å². The van der Waals surface area contributed by atoms with Crippen LogP contribution in [0.15, 0.2) is 42.0 Å². The van der Waals surface area contributed by atoms with Crippen LogP contribution in [0.4, 0.5) is 8.78 Å². The summed E-state index contributed by atoms with van der Waals surface area (Å²) in [4.78, 5) is 21.1. The van der Waals surface area contributed by atoms with Crippen molar-refractivity contribution < 1.29 is 28.5 Å². The molecule has 2 aromatic heterocycles. The average molecular weight is 446 g/mol. The maximum atomic E-state index is 14.0. The third kappa shape index (κ3) is 4.40. The Morgan fingerprint density at radius 1 is 1.26 bits per heavy atom. The standard InChI is InChI=1S/C22H20F2N2O4S/c1-11-21(29)18(28)8-19(30-11)13-5-6-25-9-12(13)7-17(27)16-10-31-22(26-16)20-14(23)3-2-4-15(20)24/h2-6,9-11,18-19,21,28-29H,7-8H2,1H3/t11-,18-,19-,21-/m0/s1. The van der Waals surface area contributed by atoms with Crippen LogP contribution in [0.2, 0.25) is 0 Å². The second kappa shape index (κ2) is 8.88. The molecular weight excluding hydrogens is 426 g/mol. The Morgan fingerprint density at radius 2 is 2.00 bits per heavy atom. The van der Waals surface area contributed by atoms with Crippen LogP contribution in [-0.4, -0.2) is 44.3 Å². The first-order valence-corrected chi connectivity index (χ1v) is 10.6. The summed E-state index contributed by atoms with van der Waals surface area (Å²) in [6.45, 7) is 1.67. The Balaban J connectivity index is 1.56. The molecule has 0 spiro atoms. The lowest BCUT2D eigenvalue weighted by Gasteiger charge is -2.36. The van der Waals surface area contributed by atoms with E-state index in [9.17, 15) is 23.8 Å². The molecule has 1 aromatic carbocycles.